The van der Waals surface area contributed by atoms with Crippen LogP contribution in [0.4, 0.5) is 5.69 Å². The van der Waals surface area contributed by atoms with Crippen molar-refractivity contribution in [3.63, 3.8) is 0 Å². The number of hydrogen-bond acceptors (Lipinski definition) is 7. The van der Waals surface area contributed by atoms with Gasteiger partial charge in [0.05, 0.1) is 17.3 Å². The van der Waals surface area contributed by atoms with Crippen molar-refractivity contribution in [2.75, 3.05) is 10.7 Å². The maximum atomic E-state index is 13.0. The monoisotopic (exact) mass is 417 g/mol. The average Bonchev–Trinajstić information content (AvgIpc) is 2.93. The number of aromatic nitrogens is 3. The molecule has 1 atom stereocenters. The summed E-state index contributed by atoms with van der Waals surface area (Å²) in [5, 5.41) is 18.2. The first kappa shape index (κ1) is 19.9. The van der Waals surface area contributed by atoms with E-state index in [1.807, 2.05) is 38.1 Å². The zero-order valence-corrected chi connectivity index (χ0v) is 17.4. The minimum atomic E-state index is -0.747. The van der Waals surface area contributed by atoms with Crippen molar-refractivity contribution in [2.45, 2.75) is 31.7 Å². The van der Waals surface area contributed by atoms with E-state index in [0.717, 1.165) is 16.9 Å². The van der Waals surface area contributed by atoms with Crippen LogP contribution in [0.15, 0.2) is 53.7 Å². The molecule has 2 aromatic carbocycles. The SMILES string of the molecule is CCSc1nnc2c(n1)O[C@@H](c1ccc(C#N)cc1)N(C(=O)CC)c1ccccc1-2. The zero-order valence-electron chi connectivity index (χ0n) is 16.6. The molecule has 7 nitrogen and oxygen atoms in total. The Kier molecular flexibility index (Phi) is 5.63. The molecule has 30 heavy (non-hydrogen) atoms. The molecule has 4 rings (SSSR count). The third-order valence-electron chi connectivity index (χ3n) is 4.68. The Morgan fingerprint density at radius 3 is 2.63 bits per heavy atom. The van der Waals surface area contributed by atoms with Gasteiger partial charge in [0.15, 0.2) is 5.69 Å². The Balaban J connectivity index is 1.93. The van der Waals surface area contributed by atoms with E-state index in [2.05, 4.69) is 21.3 Å². The lowest BCUT2D eigenvalue weighted by atomic mass is 10.1. The van der Waals surface area contributed by atoms with Crippen LogP contribution >= 0.6 is 11.8 Å². The van der Waals surface area contributed by atoms with Crippen molar-refractivity contribution < 1.29 is 9.53 Å². The Labute approximate surface area is 178 Å². The highest BCUT2D eigenvalue weighted by Crippen LogP contribution is 2.43. The molecule has 8 heteroatoms. The van der Waals surface area contributed by atoms with Crippen LogP contribution in [-0.2, 0) is 4.79 Å². The van der Waals surface area contributed by atoms with Gasteiger partial charge in [-0.2, -0.15) is 10.2 Å². The molecule has 0 spiro atoms. The summed E-state index contributed by atoms with van der Waals surface area (Å²) in [6.45, 7) is 3.82. The van der Waals surface area contributed by atoms with Crippen LogP contribution in [0.25, 0.3) is 11.3 Å². The molecule has 1 aromatic heterocycles. The smallest absolute Gasteiger partial charge is 0.247 e. The number of ether oxygens (including phenoxy) is 1. The van der Waals surface area contributed by atoms with E-state index >= 15 is 0 Å². The molecule has 0 N–H and O–H groups in total. The van der Waals surface area contributed by atoms with Crippen LogP contribution in [0, 0.1) is 11.3 Å². The third kappa shape index (κ3) is 3.60. The first-order valence-corrected chi connectivity index (χ1v) is 10.6. The molecule has 3 aromatic rings. The summed E-state index contributed by atoms with van der Waals surface area (Å²) in [5.41, 5.74) is 3.19. The van der Waals surface area contributed by atoms with Crippen molar-refractivity contribution in [3.8, 4) is 23.2 Å². The molecule has 0 radical (unpaired) electrons. The highest BCUT2D eigenvalue weighted by Gasteiger charge is 2.35. The molecule has 0 bridgehead atoms. The number of thioether (sulfide) groups is 1. The van der Waals surface area contributed by atoms with Crippen LogP contribution in [0.5, 0.6) is 5.88 Å². The first-order valence-electron chi connectivity index (χ1n) is 9.62. The summed E-state index contributed by atoms with van der Waals surface area (Å²) in [6, 6.07) is 16.6. The predicted octanol–water partition coefficient (Wildman–Crippen LogP) is 4.36. The van der Waals surface area contributed by atoms with Crippen molar-refractivity contribution >= 4 is 23.4 Å². The van der Waals surface area contributed by atoms with Gasteiger partial charge in [-0.15, -0.1) is 10.2 Å². The molecule has 0 saturated heterocycles. The van der Waals surface area contributed by atoms with Gasteiger partial charge in [0.2, 0.25) is 23.2 Å². The number of para-hydroxylation sites is 1. The zero-order chi connectivity index (χ0) is 21.1. The number of anilines is 1. The van der Waals surface area contributed by atoms with Crippen molar-refractivity contribution in [3.05, 3.63) is 59.7 Å². The fraction of sp³-hybridized carbons (Fsp3) is 0.227. The van der Waals surface area contributed by atoms with Gasteiger partial charge in [-0.05, 0) is 24.0 Å². The van der Waals surface area contributed by atoms with Crippen molar-refractivity contribution in [2.24, 2.45) is 0 Å². The minimum absolute atomic E-state index is 0.0965. The lowest BCUT2D eigenvalue weighted by molar-refractivity contribution is -0.120. The number of nitriles is 1. The summed E-state index contributed by atoms with van der Waals surface area (Å²) in [7, 11) is 0. The van der Waals surface area contributed by atoms with Gasteiger partial charge in [0, 0.05) is 17.5 Å². The van der Waals surface area contributed by atoms with E-state index in [-0.39, 0.29) is 5.91 Å². The molecule has 1 amide bonds. The number of carbonyl (C=O) groups excluding carboxylic acids is 1. The second-order valence-corrected chi connectivity index (χ2v) is 7.75. The predicted molar refractivity (Wildman–Crippen MR) is 114 cm³/mol. The molecular formula is C22H19N5O2S. The number of benzene rings is 2. The van der Waals surface area contributed by atoms with Gasteiger partial charge < -0.3 is 4.74 Å². The van der Waals surface area contributed by atoms with Gasteiger partial charge in [-0.1, -0.05) is 55.9 Å². The molecule has 2 heterocycles. The molecule has 0 aliphatic carbocycles. The molecular weight excluding hydrogens is 398 g/mol. The van der Waals surface area contributed by atoms with Crippen LogP contribution in [0.2, 0.25) is 0 Å². The van der Waals surface area contributed by atoms with Crippen molar-refractivity contribution in [1.29, 1.82) is 5.26 Å². The Bertz CT molecular complexity index is 1130. The molecule has 0 saturated carbocycles. The maximum absolute atomic E-state index is 13.0. The minimum Gasteiger partial charge on any atom is -0.447 e. The number of rotatable bonds is 4. The second-order valence-electron chi connectivity index (χ2n) is 6.52. The topological polar surface area (TPSA) is 92.0 Å². The van der Waals surface area contributed by atoms with E-state index < -0.39 is 6.23 Å². The Morgan fingerprint density at radius 2 is 1.93 bits per heavy atom. The number of amides is 1. The highest BCUT2D eigenvalue weighted by atomic mass is 32.2. The number of fused-ring (bicyclic) bond motifs is 3. The average molecular weight is 417 g/mol. The highest BCUT2D eigenvalue weighted by molar-refractivity contribution is 7.99. The summed E-state index contributed by atoms with van der Waals surface area (Å²) in [5.74, 6) is 1.03. The van der Waals surface area contributed by atoms with E-state index in [4.69, 9.17) is 10.00 Å². The lowest BCUT2D eigenvalue weighted by Gasteiger charge is -2.30. The normalized spacial score (nSPS) is 14.7. The van der Waals surface area contributed by atoms with E-state index in [0.29, 0.717) is 34.4 Å². The quantitative estimate of drug-likeness (QED) is 0.583. The summed E-state index contributed by atoms with van der Waals surface area (Å²) in [6.07, 6.45) is -0.444. The van der Waals surface area contributed by atoms with Gasteiger partial charge in [0.1, 0.15) is 0 Å². The largest absolute Gasteiger partial charge is 0.447 e. The number of hydrogen-bond donors (Lipinski definition) is 0. The van der Waals surface area contributed by atoms with Crippen LogP contribution in [0.3, 0.4) is 0 Å². The van der Waals surface area contributed by atoms with E-state index in [1.165, 1.54) is 11.8 Å². The van der Waals surface area contributed by atoms with Crippen LogP contribution in [0.1, 0.15) is 37.6 Å². The lowest BCUT2D eigenvalue weighted by Crippen LogP contribution is -2.37. The van der Waals surface area contributed by atoms with Crippen LogP contribution < -0.4 is 9.64 Å². The number of carbonyl (C=O) groups is 1. The summed E-state index contributed by atoms with van der Waals surface area (Å²) < 4.78 is 6.32. The molecule has 1 aliphatic rings. The van der Waals surface area contributed by atoms with Gasteiger partial charge >= 0.3 is 0 Å². The third-order valence-corrected chi connectivity index (χ3v) is 5.40. The van der Waals surface area contributed by atoms with Gasteiger partial charge in [-0.3, -0.25) is 9.69 Å². The van der Waals surface area contributed by atoms with Gasteiger partial charge in [0.25, 0.3) is 0 Å². The first-order chi connectivity index (χ1) is 14.7. The standard InChI is InChI=1S/C22H19N5O2S/c1-3-18(28)27-17-8-6-5-7-16(17)19-20(24-22(26-25-19)30-4-2)29-21(27)15-11-9-14(13-23)10-12-15/h5-12,21H,3-4H2,1-2H3/t21-/m0/s1. The van der Waals surface area contributed by atoms with Gasteiger partial charge in [-0.25, -0.2) is 0 Å². The second kappa shape index (κ2) is 8.51. The Morgan fingerprint density at radius 1 is 1.17 bits per heavy atom. The van der Waals surface area contributed by atoms with E-state index in [1.54, 1.807) is 29.2 Å². The van der Waals surface area contributed by atoms with Crippen LogP contribution in [-0.4, -0.2) is 26.8 Å². The number of nitrogens with zero attached hydrogens (tertiary/aromatic N) is 5. The van der Waals surface area contributed by atoms with Crippen molar-refractivity contribution in [1.82, 2.24) is 15.2 Å². The maximum Gasteiger partial charge on any atom is 0.247 e. The Hall–Kier alpha value is -3.44. The summed E-state index contributed by atoms with van der Waals surface area (Å²) >= 11 is 1.47. The summed E-state index contributed by atoms with van der Waals surface area (Å²) in [4.78, 5) is 19.2. The fourth-order valence-corrected chi connectivity index (χ4v) is 3.79. The molecule has 0 unspecified atom stereocenters. The molecule has 150 valence electrons. The fourth-order valence-electron chi connectivity index (χ4n) is 3.28. The van der Waals surface area contributed by atoms with E-state index in [9.17, 15) is 4.79 Å². The molecule has 1 aliphatic heterocycles. The molecule has 0 fully saturated rings.